The number of ether oxygens (including phenoxy) is 1. The van der Waals surface area contributed by atoms with Crippen molar-refractivity contribution in [3.05, 3.63) is 88.7 Å². The van der Waals surface area contributed by atoms with E-state index in [2.05, 4.69) is 46.8 Å². The van der Waals surface area contributed by atoms with E-state index in [1.807, 2.05) is 43.5 Å². The maximum absolute atomic E-state index is 13.3. The fraction of sp³-hybridized carbons (Fsp3) is 0.241. The number of nitrogens with one attached hydrogen (secondary N) is 4. The van der Waals surface area contributed by atoms with E-state index in [9.17, 15) is 9.59 Å². The average Bonchev–Trinajstić information content (AvgIpc) is 3.00. The Labute approximate surface area is 231 Å². The van der Waals surface area contributed by atoms with E-state index >= 15 is 0 Å². The SMILES string of the molecule is Cc1c(Nc2cc[nH]c(=O)c2C(=O)Nc2ccc(N3CCN(c4cccnc4)CC3)cc2)cnc2c1NCCO2. The van der Waals surface area contributed by atoms with Gasteiger partial charge in [0.25, 0.3) is 11.5 Å². The first-order valence-corrected chi connectivity index (χ1v) is 13.2. The number of anilines is 6. The van der Waals surface area contributed by atoms with Gasteiger partial charge in [-0.2, -0.15) is 0 Å². The highest BCUT2D eigenvalue weighted by Crippen LogP contribution is 2.34. The summed E-state index contributed by atoms with van der Waals surface area (Å²) >= 11 is 0. The van der Waals surface area contributed by atoms with Crippen molar-refractivity contribution in [1.82, 2.24) is 15.0 Å². The molecule has 0 saturated carbocycles. The number of H-pyrrole nitrogens is 1. The number of carbonyl (C=O) groups is 1. The van der Waals surface area contributed by atoms with Crippen LogP contribution in [-0.4, -0.2) is 60.2 Å². The van der Waals surface area contributed by atoms with Gasteiger partial charge >= 0.3 is 0 Å². The average molecular weight is 539 g/mol. The lowest BCUT2D eigenvalue weighted by Gasteiger charge is -2.37. The predicted octanol–water partition coefficient (Wildman–Crippen LogP) is 3.60. The molecule has 0 radical (unpaired) electrons. The lowest BCUT2D eigenvalue weighted by Crippen LogP contribution is -2.46. The highest BCUT2D eigenvalue weighted by atomic mass is 16.5. The van der Waals surface area contributed by atoms with Gasteiger partial charge in [0.15, 0.2) is 0 Å². The first-order valence-electron chi connectivity index (χ1n) is 13.2. The van der Waals surface area contributed by atoms with Gasteiger partial charge in [0, 0.05) is 62.1 Å². The summed E-state index contributed by atoms with van der Waals surface area (Å²) in [5.74, 6) is 0.0317. The zero-order chi connectivity index (χ0) is 27.5. The van der Waals surface area contributed by atoms with E-state index < -0.39 is 11.5 Å². The third-order valence-corrected chi connectivity index (χ3v) is 7.18. The molecule has 0 bridgehead atoms. The van der Waals surface area contributed by atoms with Crippen LogP contribution in [0.5, 0.6) is 5.88 Å². The Hall–Kier alpha value is -5.06. The van der Waals surface area contributed by atoms with Gasteiger partial charge in [-0.25, -0.2) is 4.98 Å². The molecule has 0 spiro atoms. The molecule has 0 atom stereocenters. The molecule has 11 heteroatoms. The van der Waals surface area contributed by atoms with Crippen LogP contribution in [-0.2, 0) is 0 Å². The van der Waals surface area contributed by atoms with Crippen molar-refractivity contribution in [2.75, 3.05) is 65.1 Å². The first kappa shape index (κ1) is 25.2. The number of carbonyl (C=O) groups excluding carboxylic acids is 1. The van der Waals surface area contributed by atoms with E-state index in [-0.39, 0.29) is 5.56 Å². The molecule has 204 valence electrons. The normalized spacial score (nSPS) is 14.5. The molecule has 11 nitrogen and oxygen atoms in total. The van der Waals surface area contributed by atoms with Gasteiger partial charge in [-0.3, -0.25) is 14.6 Å². The lowest BCUT2D eigenvalue weighted by atomic mass is 10.1. The summed E-state index contributed by atoms with van der Waals surface area (Å²) in [4.78, 5) is 41.9. The molecule has 4 aromatic rings. The quantitative estimate of drug-likeness (QED) is 0.291. The van der Waals surface area contributed by atoms with Crippen LogP contribution in [0, 0.1) is 6.92 Å². The van der Waals surface area contributed by atoms with Crippen molar-refractivity contribution in [2.45, 2.75) is 6.92 Å². The van der Waals surface area contributed by atoms with Gasteiger partial charge < -0.3 is 35.5 Å². The Morgan fingerprint density at radius 2 is 1.75 bits per heavy atom. The van der Waals surface area contributed by atoms with Crippen LogP contribution in [0.2, 0.25) is 0 Å². The van der Waals surface area contributed by atoms with Crippen LogP contribution < -0.4 is 36.0 Å². The number of aromatic amines is 1. The summed E-state index contributed by atoms with van der Waals surface area (Å²) in [6.07, 6.45) is 6.82. The molecule has 1 aromatic carbocycles. The molecular weight excluding hydrogens is 508 g/mol. The van der Waals surface area contributed by atoms with Crippen molar-refractivity contribution >= 4 is 40.0 Å². The number of hydrogen-bond donors (Lipinski definition) is 4. The number of pyridine rings is 3. The summed E-state index contributed by atoms with van der Waals surface area (Å²) in [6, 6.07) is 13.4. The molecule has 0 aliphatic carbocycles. The standard InChI is InChI=1S/C29H30N8O3/c1-19-24(18-33-29-26(19)31-11-16-40-29)35-23-8-10-32-27(38)25(23)28(39)34-20-4-6-21(7-5-20)36-12-14-37(15-13-36)22-3-2-9-30-17-22/h2-10,17-18,31H,11-16H2,1H3,(H,34,39)(H2,32,35,38). The molecule has 6 rings (SSSR count). The molecular formula is C29H30N8O3. The van der Waals surface area contributed by atoms with Crippen molar-refractivity contribution in [3.8, 4) is 5.88 Å². The molecule has 1 amide bonds. The van der Waals surface area contributed by atoms with E-state index in [1.54, 1.807) is 18.5 Å². The number of fused-ring (bicyclic) bond motifs is 1. The van der Waals surface area contributed by atoms with Gasteiger partial charge in [-0.1, -0.05) is 0 Å². The zero-order valence-electron chi connectivity index (χ0n) is 22.1. The Bertz CT molecular complexity index is 1560. The van der Waals surface area contributed by atoms with Crippen molar-refractivity contribution < 1.29 is 9.53 Å². The lowest BCUT2D eigenvalue weighted by molar-refractivity contribution is 0.102. The molecule has 2 aliphatic rings. The van der Waals surface area contributed by atoms with Crippen LogP contribution in [0.3, 0.4) is 0 Å². The molecule has 2 aliphatic heterocycles. The van der Waals surface area contributed by atoms with Gasteiger partial charge in [0.1, 0.15) is 17.9 Å². The first-order chi connectivity index (χ1) is 19.6. The number of aromatic nitrogens is 3. The van der Waals surface area contributed by atoms with Crippen LogP contribution in [0.15, 0.2) is 72.0 Å². The van der Waals surface area contributed by atoms with Gasteiger partial charge in [-0.05, 0) is 49.4 Å². The monoisotopic (exact) mass is 538 g/mol. The Kier molecular flexibility index (Phi) is 6.92. The van der Waals surface area contributed by atoms with Crippen LogP contribution in [0.1, 0.15) is 15.9 Å². The second kappa shape index (κ2) is 11.0. The number of nitrogens with zero attached hydrogens (tertiary/aromatic N) is 4. The number of amides is 1. The third kappa shape index (κ3) is 5.13. The summed E-state index contributed by atoms with van der Waals surface area (Å²) < 4.78 is 5.60. The number of hydrogen-bond acceptors (Lipinski definition) is 9. The highest BCUT2D eigenvalue weighted by molar-refractivity contribution is 6.08. The molecule has 1 saturated heterocycles. The van der Waals surface area contributed by atoms with E-state index in [0.717, 1.165) is 48.8 Å². The van der Waals surface area contributed by atoms with Gasteiger partial charge in [0.2, 0.25) is 5.88 Å². The van der Waals surface area contributed by atoms with Crippen LogP contribution in [0.4, 0.5) is 34.1 Å². The molecule has 1 fully saturated rings. The number of rotatable bonds is 6. The minimum atomic E-state index is -0.507. The topological polar surface area (TPSA) is 128 Å². The zero-order valence-corrected chi connectivity index (χ0v) is 22.1. The minimum Gasteiger partial charge on any atom is -0.474 e. The largest absolute Gasteiger partial charge is 0.474 e. The second-order valence-electron chi connectivity index (χ2n) is 9.66. The van der Waals surface area contributed by atoms with Crippen LogP contribution in [0.25, 0.3) is 0 Å². The fourth-order valence-electron chi connectivity index (χ4n) is 5.01. The second-order valence-corrected chi connectivity index (χ2v) is 9.66. The maximum atomic E-state index is 13.3. The Morgan fingerprint density at radius 3 is 2.50 bits per heavy atom. The van der Waals surface area contributed by atoms with Gasteiger partial charge in [0.05, 0.1) is 29.5 Å². The maximum Gasteiger partial charge on any atom is 0.263 e. The third-order valence-electron chi connectivity index (χ3n) is 7.18. The Morgan fingerprint density at radius 1 is 0.975 bits per heavy atom. The van der Waals surface area contributed by atoms with Crippen molar-refractivity contribution in [3.63, 3.8) is 0 Å². The molecule has 4 N–H and O–H groups in total. The number of piperazine rings is 1. The molecule has 3 aromatic heterocycles. The van der Waals surface area contributed by atoms with E-state index in [4.69, 9.17) is 4.74 Å². The summed E-state index contributed by atoms with van der Waals surface area (Å²) in [7, 11) is 0. The summed E-state index contributed by atoms with van der Waals surface area (Å²) in [6.45, 7) is 6.73. The summed E-state index contributed by atoms with van der Waals surface area (Å²) in [5, 5.41) is 9.37. The van der Waals surface area contributed by atoms with E-state index in [1.165, 1.54) is 6.20 Å². The van der Waals surface area contributed by atoms with E-state index in [0.29, 0.717) is 36.1 Å². The van der Waals surface area contributed by atoms with Crippen LogP contribution >= 0.6 is 0 Å². The number of benzene rings is 1. The fourth-order valence-corrected chi connectivity index (χ4v) is 5.01. The van der Waals surface area contributed by atoms with Crippen molar-refractivity contribution in [1.29, 1.82) is 0 Å². The van der Waals surface area contributed by atoms with Gasteiger partial charge in [-0.15, -0.1) is 0 Å². The summed E-state index contributed by atoms with van der Waals surface area (Å²) in [5.41, 5.74) is 5.04. The smallest absolute Gasteiger partial charge is 0.263 e. The highest BCUT2D eigenvalue weighted by Gasteiger charge is 2.21. The van der Waals surface area contributed by atoms with Crippen molar-refractivity contribution in [2.24, 2.45) is 0 Å². The predicted molar refractivity (Wildman–Crippen MR) is 156 cm³/mol. The molecule has 0 unspecified atom stereocenters. The minimum absolute atomic E-state index is 0.0144. The molecule has 5 heterocycles. The Balaban J connectivity index is 1.14. The molecule has 40 heavy (non-hydrogen) atoms.